The van der Waals surface area contributed by atoms with Crippen LogP contribution in [-0.2, 0) is 9.84 Å². The molecule has 1 N–H and O–H groups in total. The maximum atomic E-state index is 12.4. The largest absolute Gasteiger partial charge is 0.391 e. The average Bonchev–Trinajstić information content (AvgIpc) is 2.56. The van der Waals surface area contributed by atoms with Crippen LogP contribution >= 0.6 is 0 Å². The third-order valence-corrected chi connectivity index (χ3v) is 5.92. The molecule has 2 atom stereocenters. The van der Waals surface area contributed by atoms with E-state index in [1.54, 1.807) is 30.3 Å². The molecule has 2 rings (SSSR count). The van der Waals surface area contributed by atoms with Crippen LogP contribution in [0.3, 0.4) is 0 Å². The molecule has 0 heterocycles. The number of hydrogen-bond acceptors (Lipinski definition) is 3. The van der Waals surface area contributed by atoms with Gasteiger partial charge in [0.2, 0.25) is 0 Å². The first-order chi connectivity index (χ1) is 7.86. The van der Waals surface area contributed by atoms with E-state index in [0.29, 0.717) is 11.3 Å². The molecule has 0 radical (unpaired) electrons. The van der Waals surface area contributed by atoms with Crippen LogP contribution in [0, 0.1) is 5.41 Å². The highest BCUT2D eigenvalue weighted by atomic mass is 32.2. The SMILES string of the molecule is CC1(C)CCC(S(=O)(=O)c2ccccc2)C1O. The monoisotopic (exact) mass is 254 g/mol. The van der Waals surface area contributed by atoms with Crippen molar-refractivity contribution >= 4 is 9.84 Å². The molecule has 0 saturated heterocycles. The molecule has 1 aliphatic carbocycles. The number of aliphatic hydroxyl groups excluding tert-OH is 1. The Kier molecular flexibility index (Phi) is 3.04. The minimum Gasteiger partial charge on any atom is -0.391 e. The van der Waals surface area contributed by atoms with Gasteiger partial charge in [0.05, 0.1) is 16.2 Å². The lowest BCUT2D eigenvalue weighted by molar-refractivity contribution is 0.0816. The van der Waals surface area contributed by atoms with E-state index < -0.39 is 21.2 Å². The summed E-state index contributed by atoms with van der Waals surface area (Å²) in [4.78, 5) is 0.307. The van der Waals surface area contributed by atoms with Crippen molar-refractivity contribution in [1.29, 1.82) is 0 Å². The van der Waals surface area contributed by atoms with Gasteiger partial charge in [0.25, 0.3) is 0 Å². The van der Waals surface area contributed by atoms with Gasteiger partial charge in [-0.2, -0.15) is 0 Å². The molecular formula is C13H18O3S. The molecule has 3 nitrogen and oxygen atoms in total. The fourth-order valence-corrected chi connectivity index (χ4v) is 4.46. The van der Waals surface area contributed by atoms with Gasteiger partial charge in [0, 0.05) is 0 Å². The standard InChI is InChI=1S/C13H18O3S/c1-13(2)9-8-11(12(13)14)17(15,16)10-6-4-3-5-7-10/h3-7,11-12,14H,8-9H2,1-2H3. The van der Waals surface area contributed by atoms with Gasteiger partial charge in [0.15, 0.2) is 9.84 Å². The van der Waals surface area contributed by atoms with Crippen LogP contribution < -0.4 is 0 Å². The van der Waals surface area contributed by atoms with Gasteiger partial charge in [-0.3, -0.25) is 0 Å². The van der Waals surface area contributed by atoms with E-state index in [9.17, 15) is 13.5 Å². The topological polar surface area (TPSA) is 54.4 Å². The molecule has 1 fully saturated rings. The van der Waals surface area contributed by atoms with E-state index in [0.717, 1.165) is 6.42 Å². The van der Waals surface area contributed by atoms with Gasteiger partial charge >= 0.3 is 0 Å². The van der Waals surface area contributed by atoms with Crippen LogP contribution in [0.15, 0.2) is 35.2 Å². The first-order valence-corrected chi connectivity index (χ1v) is 7.37. The zero-order chi connectivity index (χ0) is 12.7. The van der Waals surface area contributed by atoms with Crippen LogP contribution in [0.1, 0.15) is 26.7 Å². The maximum Gasteiger partial charge on any atom is 0.183 e. The van der Waals surface area contributed by atoms with Gasteiger partial charge in [-0.25, -0.2) is 8.42 Å². The summed E-state index contributed by atoms with van der Waals surface area (Å²) in [6, 6.07) is 8.38. The first kappa shape index (κ1) is 12.6. The van der Waals surface area contributed by atoms with Crippen molar-refractivity contribution in [2.75, 3.05) is 0 Å². The fraction of sp³-hybridized carbons (Fsp3) is 0.538. The minimum atomic E-state index is -3.41. The van der Waals surface area contributed by atoms with Crippen LogP contribution in [0.25, 0.3) is 0 Å². The maximum absolute atomic E-state index is 12.4. The minimum absolute atomic E-state index is 0.307. The second-order valence-corrected chi connectivity index (χ2v) is 7.54. The van der Waals surface area contributed by atoms with E-state index in [1.165, 1.54) is 0 Å². The van der Waals surface area contributed by atoms with Crippen LogP contribution in [-0.4, -0.2) is 24.9 Å². The lowest BCUT2D eigenvalue weighted by atomic mass is 9.89. The number of hydrogen-bond donors (Lipinski definition) is 1. The van der Waals surface area contributed by atoms with Gasteiger partial charge in [0.1, 0.15) is 0 Å². The highest BCUT2D eigenvalue weighted by molar-refractivity contribution is 7.92. The van der Waals surface area contributed by atoms with Gasteiger partial charge in [-0.05, 0) is 30.4 Å². The Morgan fingerprint density at radius 2 is 1.82 bits per heavy atom. The summed E-state index contributed by atoms with van der Waals surface area (Å²) in [5.41, 5.74) is -0.313. The molecule has 1 aromatic carbocycles. The van der Waals surface area contributed by atoms with Crippen molar-refractivity contribution in [2.24, 2.45) is 5.41 Å². The Hall–Kier alpha value is -0.870. The first-order valence-electron chi connectivity index (χ1n) is 5.83. The van der Waals surface area contributed by atoms with Crippen molar-refractivity contribution in [2.45, 2.75) is 42.9 Å². The Morgan fingerprint density at radius 1 is 1.24 bits per heavy atom. The number of sulfone groups is 1. The normalized spacial score (nSPS) is 28.2. The summed E-state index contributed by atoms with van der Waals surface area (Å²) in [6.45, 7) is 3.83. The zero-order valence-corrected chi connectivity index (χ0v) is 10.9. The van der Waals surface area contributed by atoms with E-state index in [4.69, 9.17) is 0 Å². The molecule has 0 aliphatic heterocycles. The molecule has 0 spiro atoms. The van der Waals surface area contributed by atoms with E-state index in [2.05, 4.69) is 0 Å². The molecule has 1 aromatic rings. The summed E-state index contributed by atoms with van der Waals surface area (Å²) < 4.78 is 24.7. The number of benzene rings is 1. The lowest BCUT2D eigenvalue weighted by Gasteiger charge is -2.25. The molecule has 1 saturated carbocycles. The summed E-state index contributed by atoms with van der Waals surface area (Å²) in [7, 11) is -3.41. The average molecular weight is 254 g/mol. The molecule has 0 bridgehead atoms. The van der Waals surface area contributed by atoms with Crippen molar-refractivity contribution in [3.63, 3.8) is 0 Å². The summed E-state index contributed by atoms with van der Waals surface area (Å²) in [5, 5.41) is 9.47. The molecule has 2 unspecified atom stereocenters. The zero-order valence-electron chi connectivity index (χ0n) is 10.1. The Morgan fingerprint density at radius 3 is 2.29 bits per heavy atom. The third kappa shape index (κ3) is 2.11. The number of rotatable bonds is 2. The van der Waals surface area contributed by atoms with E-state index in [-0.39, 0.29) is 5.41 Å². The van der Waals surface area contributed by atoms with Crippen LogP contribution in [0.2, 0.25) is 0 Å². The van der Waals surface area contributed by atoms with E-state index >= 15 is 0 Å². The van der Waals surface area contributed by atoms with Crippen LogP contribution in [0.5, 0.6) is 0 Å². The lowest BCUT2D eigenvalue weighted by Crippen LogP contribution is -2.36. The summed E-state index contributed by atoms with van der Waals surface area (Å²) in [5.74, 6) is 0. The highest BCUT2D eigenvalue weighted by Crippen LogP contribution is 2.42. The summed E-state index contributed by atoms with van der Waals surface area (Å²) >= 11 is 0. The van der Waals surface area contributed by atoms with Gasteiger partial charge < -0.3 is 5.11 Å². The Labute approximate surface area is 102 Å². The molecule has 17 heavy (non-hydrogen) atoms. The van der Waals surface area contributed by atoms with Crippen molar-refractivity contribution in [1.82, 2.24) is 0 Å². The van der Waals surface area contributed by atoms with Crippen molar-refractivity contribution in [3.8, 4) is 0 Å². The molecular weight excluding hydrogens is 236 g/mol. The molecule has 0 amide bonds. The summed E-state index contributed by atoms with van der Waals surface area (Å²) in [6.07, 6.45) is 0.490. The second kappa shape index (κ2) is 4.10. The van der Waals surface area contributed by atoms with Crippen molar-refractivity contribution < 1.29 is 13.5 Å². The van der Waals surface area contributed by atoms with Gasteiger partial charge in [-0.1, -0.05) is 32.0 Å². The Bertz CT molecular complexity index is 491. The molecule has 0 aromatic heterocycles. The predicted octanol–water partition coefficient (Wildman–Crippen LogP) is 2.01. The van der Waals surface area contributed by atoms with Gasteiger partial charge in [-0.15, -0.1) is 0 Å². The molecule has 4 heteroatoms. The second-order valence-electron chi connectivity index (χ2n) is 5.37. The Balaban J connectivity index is 2.36. The van der Waals surface area contributed by atoms with Crippen LogP contribution in [0.4, 0.5) is 0 Å². The molecule has 1 aliphatic rings. The highest BCUT2D eigenvalue weighted by Gasteiger charge is 2.47. The number of aliphatic hydroxyl groups is 1. The third-order valence-electron chi connectivity index (χ3n) is 3.70. The molecule has 94 valence electrons. The quantitative estimate of drug-likeness (QED) is 0.878. The smallest absolute Gasteiger partial charge is 0.183 e. The van der Waals surface area contributed by atoms with Crippen molar-refractivity contribution in [3.05, 3.63) is 30.3 Å². The fourth-order valence-electron chi connectivity index (χ4n) is 2.43. The predicted molar refractivity (Wildman–Crippen MR) is 66.4 cm³/mol. The van der Waals surface area contributed by atoms with E-state index in [1.807, 2.05) is 13.8 Å².